The van der Waals surface area contributed by atoms with Crippen LogP contribution in [0.3, 0.4) is 0 Å². The minimum absolute atomic E-state index is 0.0514. The first-order valence-electron chi connectivity index (χ1n) is 16.9. The standard InChI is InChI=1S/C44H39BN2/c1-43(2,3)28-19-22-30(23-20-28)46-40-24-21-29(44(4,5)6)25-37(40)45-36-16-10-7-13-32(36)35-26-31(27-41(46)42(35)45)47-38-17-11-8-14-33(38)34-15-9-12-18-39(34)47/h7-27H,1-6H3. The van der Waals surface area contributed by atoms with Crippen LogP contribution < -0.4 is 21.3 Å². The van der Waals surface area contributed by atoms with E-state index in [9.17, 15) is 0 Å². The Morgan fingerprint density at radius 1 is 0.468 bits per heavy atom. The van der Waals surface area contributed by atoms with E-state index in [0.29, 0.717) is 0 Å². The molecule has 0 atom stereocenters. The summed E-state index contributed by atoms with van der Waals surface area (Å²) >= 11 is 0. The molecule has 3 heteroatoms. The summed E-state index contributed by atoms with van der Waals surface area (Å²) in [5.74, 6) is 0. The predicted molar refractivity (Wildman–Crippen MR) is 203 cm³/mol. The van der Waals surface area contributed by atoms with Gasteiger partial charge in [-0.15, -0.1) is 0 Å². The molecule has 0 unspecified atom stereocenters. The largest absolute Gasteiger partial charge is 0.311 e. The molecule has 0 amide bonds. The van der Waals surface area contributed by atoms with Crippen LogP contribution in [0.2, 0.25) is 0 Å². The smallest absolute Gasteiger partial charge is 0.248 e. The monoisotopic (exact) mass is 606 g/mol. The summed E-state index contributed by atoms with van der Waals surface area (Å²) in [6.07, 6.45) is 0. The van der Waals surface area contributed by atoms with Crippen molar-refractivity contribution in [2.45, 2.75) is 52.4 Å². The first-order valence-corrected chi connectivity index (χ1v) is 16.9. The van der Waals surface area contributed by atoms with E-state index in [1.807, 2.05) is 0 Å². The van der Waals surface area contributed by atoms with Crippen molar-refractivity contribution in [3.8, 4) is 16.8 Å². The van der Waals surface area contributed by atoms with Crippen LogP contribution in [0.25, 0.3) is 38.6 Å². The summed E-state index contributed by atoms with van der Waals surface area (Å²) < 4.78 is 2.47. The highest BCUT2D eigenvalue weighted by Crippen LogP contribution is 2.44. The molecule has 228 valence electrons. The molecule has 6 aromatic carbocycles. The van der Waals surface area contributed by atoms with Gasteiger partial charge in [-0.05, 0) is 86.5 Å². The van der Waals surface area contributed by atoms with E-state index in [-0.39, 0.29) is 17.5 Å². The van der Waals surface area contributed by atoms with Crippen LogP contribution in [0.4, 0.5) is 17.1 Å². The minimum Gasteiger partial charge on any atom is -0.311 e. The molecule has 0 radical (unpaired) electrons. The van der Waals surface area contributed by atoms with E-state index in [1.165, 1.54) is 83.2 Å². The lowest BCUT2D eigenvalue weighted by Gasteiger charge is -2.37. The topological polar surface area (TPSA) is 8.17 Å². The zero-order chi connectivity index (χ0) is 32.2. The molecule has 0 N–H and O–H groups in total. The van der Waals surface area contributed by atoms with E-state index in [2.05, 4.69) is 178 Å². The van der Waals surface area contributed by atoms with Gasteiger partial charge in [0, 0.05) is 33.5 Å². The lowest BCUT2D eigenvalue weighted by molar-refractivity contribution is 0.590. The average molecular weight is 607 g/mol. The molecule has 0 fully saturated rings. The summed E-state index contributed by atoms with van der Waals surface area (Å²) in [4.78, 5) is 2.53. The third-order valence-corrected chi connectivity index (χ3v) is 10.5. The van der Waals surface area contributed by atoms with Gasteiger partial charge in [-0.3, -0.25) is 0 Å². The van der Waals surface area contributed by atoms with Crippen molar-refractivity contribution in [2.24, 2.45) is 0 Å². The molecule has 2 aliphatic heterocycles. The minimum atomic E-state index is 0.0514. The van der Waals surface area contributed by atoms with Crippen molar-refractivity contribution in [2.75, 3.05) is 4.90 Å². The van der Waals surface area contributed by atoms with Gasteiger partial charge in [0.15, 0.2) is 0 Å². The van der Waals surface area contributed by atoms with Crippen LogP contribution in [-0.2, 0) is 10.8 Å². The highest BCUT2D eigenvalue weighted by Gasteiger charge is 2.43. The Morgan fingerprint density at radius 2 is 1.06 bits per heavy atom. The zero-order valence-electron chi connectivity index (χ0n) is 28.1. The SMILES string of the molecule is CC(C)(C)c1ccc(N2c3ccc(C(C)(C)C)cc3B3c4ccccc4-c4cc(-n5c6ccccc6c6ccccc65)cc2c43)cc1. The van der Waals surface area contributed by atoms with Crippen molar-refractivity contribution in [3.63, 3.8) is 0 Å². The Kier molecular flexibility index (Phi) is 5.85. The molecule has 9 rings (SSSR count). The quantitative estimate of drug-likeness (QED) is 0.178. The number of benzene rings is 6. The van der Waals surface area contributed by atoms with Crippen molar-refractivity contribution in [1.82, 2.24) is 4.57 Å². The van der Waals surface area contributed by atoms with Crippen LogP contribution >= 0.6 is 0 Å². The molecule has 1 aromatic heterocycles. The Labute approximate surface area is 278 Å². The maximum Gasteiger partial charge on any atom is 0.248 e. The molecule has 3 heterocycles. The fourth-order valence-corrected chi connectivity index (χ4v) is 8.11. The highest BCUT2D eigenvalue weighted by molar-refractivity contribution is 7.01. The van der Waals surface area contributed by atoms with Gasteiger partial charge in [-0.2, -0.15) is 0 Å². The summed E-state index contributed by atoms with van der Waals surface area (Å²) in [6.45, 7) is 14.0. The molecule has 0 bridgehead atoms. The molecule has 0 saturated heterocycles. The fraction of sp³-hybridized carbons (Fsp3) is 0.182. The summed E-state index contributed by atoms with van der Waals surface area (Å²) in [7, 11) is 0. The number of anilines is 3. The van der Waals surface area contributed by atoms with Crippen LogP contribution in [0.15, 0.2) is 127 Å². The van der Waals surface area contributed by atoms with Crippen molar-refractivity contribution in [1.29, 1.82) is 0 Å². The van der Waals surface area contributed by atoms with E-state index in [1.54, 1.807) is 0 Å². The predicted octanol–water partition coefficient (Wildman–Crippen LogP) is 9.66. The van der Waals surface area contributed by atoms with Crippen molar-refractivity contribution >= 4 is 62.0 Å². The van der Waals surface area contributed by atoms with Crippen LogP contribution in [0.1, 0.15) is 52.7 Å². The van der Waals surface area contributed by atoms with Gasteiger partial charge >= 0.3 is 0 Å². The molecule has 2 aliphatic rings. The van der Waals surface area contributed by atoms with Crippen molar-refractivity contribution < 1.29 is 0 Å². The number of nitrogens with zero attached hydrogens (tertiary/aromatic N) is 2. The number of fused-ring (bicyclic) bond motifs is 8. The number of hydrogen-bond donors (Lipinski definition) is 0. The van der Waals surface area contributed by atoms with Gasteiger partial charge in [-0.1, -0.05) is 132 Å². The molecule has 47 heavy (non-hydrogen) atoms. The Morgan fingerprint density at radius 3 is 1.72 bits per heavy atom. The van der Waals surface area contributed by atoms with Gasteiger partial charge in [0.25, 0.3) is 0 Å². The molecule has 0 spiro atoms. The molecule has 0 saturated carbocycles. The maximum absolute atomic E-state index is 2.53. The van der Waals surface area contributed by atoms with Crippen molar-refractivity contribution in [3.05, 3.63) is 139 Å². The van der Waals surface area contributed by atoms with Gasteiger partial charge in [0.2, 0.25) is 6.71 Å². The Balaban J connectivity index is 1.38. The van der Waals surface area contributed by atoms with Gasteiger partial charge < -0.3 is 9.47 Å². The van der Waals surface area contributed by atoms with Crippen LogP contribution in [-0.4, -0.2) is 11.3 Å². The second-order valence-corrected chi connectivity index (χ2v) is 15.5. The number of para-hydroxylation sites is 2. The molecule has 7 aromatic rings. The summed E-state index contributed by atoms with van der Waals surface area (Å²) in [5, 5.41) is 2.57. The van der Waals surface area contributed by atoms with Gasteiger partial charge in [0.1, 0.15) is 0 Å². The third kappa shape index (κ3) is 4.12. The average Bonchev–Trinajstić information content (AvgIpc) is 3.58. The Hall–Kier alpha value is -5.02. The van der Waals surface area contributed by atoms with E-state index in [0.717, 1.165) is 0 Å². The highest BCUT2D eigenvalue weighted by atomic mass is 15.2. The number of aromatic nitrogens is 1. The molecule has 0 aliphatic carbocycles. The number of rotatable bonds is 2. The Bertz CT molecular complexity index is 2330. The summed E-state index contributed by atoms with van der Waals surface area (Å²) in [6, 6.07) is 48.1. The van der Waals surface area contributed by atoms with Gasteiger partial charge in [-0.25, -0.2) is 0 Å². The van der Waals surface area contributed by atoms with E-state index >= 15 is 0 Å². The fourth-order valence-electron chi connectivity index (χ4n) is 8.11. The normalized spacial score (nSPS) is 13.7. The van der Waals surface area contributed by atoms with E-state index in [4.69, 9.17) is 0 Å². The third-order valence-electron chi connectivity index (χ3n) is 10.5. The van der Waals surface area contributed by atoms with E-state index < -0.39 is 0 Å². The molecular formula is C44H39BN2. The van der Waals surface area contributed by atoms with Crippen LogP contribution in [0.5, 0.6) is 0 Å². The first kappa shape index (κ1) is 28.2. The summed E-state index contributed by atoms with van der Waals surface area (Å²) in [5.41, 5.74) is 17.1. The molecule has 2 nitrogen and oxygen atoms in total. The second kappa shape index (κ2) is 9.75. The lowest BCUT2D eigenvalue weighted by atomic mass is 9.37. The number of hydrogen-bond acceptors (Lipinski definition) is 1. The first-order chi connectivity index (χ1) is 22.6. The lowest BCUT2D eigenvalue weighted by Crippen LogP contribution is -2.55. The zero-order valence-corrected chi connectivity index (χ0v) is 28.1. The van der Waals surface area contributed by atoms with Crippen LogP contribution in [0, 0.1) is 0 Å². The molecular weight excluding hydrogens is 567 g/mol. The van der Waals surface area contributed by atoms with Gasteiger partial charge in [0.05, 0.1) is 11.0 Å². The second-order valence-electron chi connectivity index (χ2n) is 15.5. The maximum atomic E-state index is 2.53.